The molecule has 118 valence electrons. The average Bonchev–Trinajstić information content (AvgIpc) is 2.89. The Morgan fingerprint density at radius 3 is 2.73 bits per heavy atom. The number of aromatic amines is 1. The maximum atomic E-state index is 13.1. The highest BCUT2D eigenvalue weighted by Gasteiger charge is 2.22. The number of sulfonamides is 1. The number of carbonyl (C=O) groups excluding carboxylic acids is 1. The molecular weight excluding hydrogens is 320 g/mol. The van der Waals surface area contributed by atoms with Gasteiger partial charge < -0.3 is 4.74 Å². The van der Waals surface area contributed by atoms with Crippen molar-refractivity contribution in [1.82, 2.24) is 10.2 Å². The number of nitrogens with zero attached hydrogens (tertiary/aromatic N) is 1. The molecule has 0 unspecified atom stereocenters. The summed E-state index contributed by atoms with van der Waals surface area (Å²) in [6.07, 6.45) is 1.08. The zero-order valence-electron chi connectivity index (χ0n) is 11.3. The van der Waals surface area contributed by atoms with Gasteiger partial charge in [0.2, 0.25) is 0 Å². The van der Waals surface area contributed by atoms with Crippen LogP contribution in [-0.4, -0.2) is 31.2 Å². The number of anilines is 1. The standard InChI is InChI=1S/C12H11F2N3O4S/c1-2-21-12(18)8-6-15-16-11(8)17-22(19,20)7-3-4-9(13)10(14)5-7/h3-6H,2H2,1H3,(H2,15,16,17). The fourth-order valence-corrected chi connectivity index (χ4v) is 2.61. The van der Waals surface area contributed by atoms with E-state index in [1.165, 1.54) is 0 Å². The molecule has 0 aliphatic rings. The Morgan fingerprint density at radius 2 is 2.09 bits per heavy atom. The highest BCUT2D eigenvalue weighted by Crippen LogP contribution is 2.20. The molecule has 2 N–H and O–H groups in total. The maximum absolute atomic E-state index is 13.1. The molecule has 1 aromatic carbocycles. The number of benzene rings is 1. The summed E-state index contributed by atoms with van der Waals surface area (Å²) in [5.41, 5.74) is -0.131. The van der Waals surface area contributed by atoms with E-state index in [9.17, 15) is 22.0 Å². The molecule has 0 bridgehead atoms. The SMILES string of the molecule is CCOC(=O)c1cn[nH]c1NS(=O)(=O)c1ccc(F)c(F)c1. The lowest BCUT2D eigenvalue weighted by Gasteiger charge is -2.08. The van der Waals surface area contributed by atoms with Crippen LogP contribution in [0.5, 0.6) is 0 Å². The fraction of sp³-hybridized carbons (Fsp3) is 0.167. The number of nitrogens with one attached hydrogen (secondary N) is 2. The van der Waals surface area contributed by atoms with Crippen molar-refractivity contribution in [1.29, 1.82) is 0 Å². The van der Waals surface area contributed by atoms with Gasteiger partial charge in [-0.1, -0.05) is 0 Å². The first-order valence-corrected chi connectivity index (χ1v) is 7.52. The maximum Gasteiger partial charge on any atom is 0.343 e. The molecule has 0 saturated carbocycles. The topological polar surface area (TPSA) is 101 Å². The van der Waals surface area contributed by atoms with Crippen molar-refractivity contribution in [3.05, 3.63) is 41.6 Å². The minimum Gasteiger partial charge on any atom is -0.462 e. The molecule has 0 fully saturated rings. The van der Waals surface area contributed by atoms with Gasteiger partial charge in [0.05, 0.1) is 17.7 Å². The molecular formula is C12H11F2N3O4S. The number of carbonyl (C=O) groups is 1. The first-order chi connectivity index (χ1) is 10.3. The van der Waals surface area contributed by atoms with Crippen LogP contribution in [0.1, 0.15) is 17.3 Å². The summed E-state index contributed by atoms with van der Waals surface area (Å²) >= 11 is 0. The third-order valence-corrected chi connectivity index (χ3v) is 3.92. The molecule has 22 heavy (non-hydrogen) atoms. The largest absolute Gasteiger partial charge is 0.462 e. The van der Waals surface area contributed by atoms with Crippen LogP contribution in [0.25, 0.3) is 0 Å². The van der Waals surface area contributed by atoms with Crippen molar-refractivity contribution in [3.63, 3.8) is 0 Å². The highest BCUT2D eigenvalue weighted by molar-refractivity contribution is 7.92. The Labute approximate surface area is 124 Å². The van der Waals surface area contributed by atoms with Crippen LogP contribution in [-0.2, 0) is 14.8 Å². The number of ether oxygens (including phenoxy) is 1. The van der Waals surface area contributed by atoms with E-state index >= 15 is 0 Å². The van der Waals surface area contributed by atoms with Gasteiger partial charge in [0, 0.05) is 0 Å². The second-order valence-electron chi connectivity index (χ2n) is 4.06. The smallest absolute Gasteiger partial charge is 0.343 e. The molecule has 0 aliphatic carbocycles. The van der Waals surface area contributed by atoms with Crippen molar-refractivity contribution >= 4 is 21.8 Å². The van der Waals surface area contributed by atoms with Crippen LogP contribution in [0, 0.1) is 11.6 Å². The van der Waals surface area contributed by atoms with Crippen LogP contribution in [0.15, 0.2) is 29.3 Å². The normalized spacial score (nSPS) is 11.2. The van der Waals surface area contributed by atoms with Crippen LogP contribution in [0.3, 0.4) is 0 Å². The van der Waals surface area contributed by atoms with Crippen molar-refractivity contribution in [3.8, 4) is 0 Å². The van der Waals surface area contributed by atoms with Gasteiger partial charge in [-0.05, 0) is 25.1 Å². The Bertz CT molecular complexity index is 804. The Balaban J connectivity index is 2.31. The molecule has 2 rings (SSSR count). The summed E-state index contributed by atoms with van der Waals surface area (Å²) in [7, 11) is -4.23. The molecule has 0 atom stereocenters. The lowest BCUT2D eigenvalue weighted by atomic mass is 10.3. The Kier molecular flexibility index (Phi) is 4.40. The van der Waals surface area contributed by atoms with E-state index in [1.807, 2.05) is 4.72 Å². The van der Waals surface area contributed by atoms with E-state index in [2.05, 4.69) is 10.2 Å². The third kappa shape index (κ3) is 3.22. The minimum absolute atomic E-state index is 0.0966. The molecule has 1 aromatic heterocycles. The molecule has 7 nitrogen and oxygen atoms in total. The first kappa shape index (κ1) is 15.9. The van der Waals surface area contributed by atoms with Gasteiger partial charge in [0.15, 0.2) is 11.6 Å². The summed E-state index contributed by atoms with van der Waals surface area (Å²) in [5, 5.41) is 5.84. The number of esters is 1. The van der Waals surface area contributed by atoms with Crippen LogP contribution in [0.2, 0.25) is 0 Å². The Morgan fingerprint density at radius 1 is 1.36 bits per heavy atom. The average molecular weight is 331 g/mol. The second-order valence-corrected chi connectivity index (χ2v) is 5.74. The third-order valence-electron chi connectivity index (χ3n) is 2.57. The lowest BCUT2D eigenvalue weighted by molar-refractivity contribution is 0.0527. The van der Waals surface area contributed by atoms with Gasteiger partial charge in [-0.2, -0.15) is 5.10 Å². The van der Waals surface area contributed by atoms with Crippen molar-refractivity contribution in [2.45, 2.75) is 11.8 Å². The number of aromatic nitrogens is 2. The number of halogens is 2. The predicted molar refractivity (Wildman–Crippen MR) is 71.7 cm³/mol. The zero-order valence-corrected chi connectivity index (χ0v) is 12.1. The van der Waals surface area contributed by atoms with E-state index in [0.29, 0.717) is 12.1 Å². The van der Waals surface area contributed by atoms with Gasteiger partial charge in [-0.3, -0.25) is 9.82 Å². The van der Waals surface area contributed by atoms with Gasteiger partial charge in [-0.15, -0.1) is 0 Å². The molecule has 2 aromatic rings. The number of rotatable bonds is 5. The fourth-order valence-electron chi connectivity index (χ4n) is 1.56. The number of hydrogen-bond donors (Lipinski definition) is 2. The molecule has 0 saturated heterocycles. The molecule has 0 spiro atoms. The summed E-state index contributed by atoms with van der Waals surface area (Å²) in [5.74, 6) is -3.49. The van der Waals surface area contributed by atoms with Gasteiger partial charge >= 0.3 is 5.97 Å². The van der Waals surface area contributed by atoms with Crippen LogP contribution in [0.4, 0.5) is 14.6 Å². The highest BCUT2D eigenvalue weighted by atomic mass is 32.2. The van der Waals surface area contributed by atoms with Crippen LogP contribution >= 0.6 is 0 Å². The monoisotopic (exact) mass is 331 g/mol. The van der Waals surface area contributed by atoms with Crippen molar-refractivity contribution < 1.29 is 26.7 Å². The summed E-state index contributed by atoms with van der Waals surface area (Å²) in [6.45, 7) is 1.68. The molecule has 1 heterocycles. The van der Waals surface area contributed by atoms with Crippen molar-refractivity contribution in [2.75, 3.05) is 11.3 Å². The summed E-state index contributed by atoms with van der Waals surface area (Å²) < 4.78 is 56.9. The van der Waals surface area contributed by atoms with E-state index in [-0.39, 0.29) is 18.0 Å². The quantitative estimate of drug-likeness (QED) is 0.812. The van der Waals surface area contributed by atoms with E-state index < -0.39 is 32.5 Å². The lowest BCUT2D eigenvalue weighted by Crippen LogP contribution is -2.16. The summed E-state index contributed by atoms with van der Waals surface area (Å²) in [4.78, 5) is 11.1. The molecule has 0 amide bonds. The van der Waals surface area contributed by atoms with Gasteiger partial charge in [0.25, 0.3) is 10.0 Å². The van der Waals surface area contributed by atoms with E-state index in [0.717, 1.165) is 12.3 Å². The second kappa shape index (κ2) is 6.10. The zero-order chi connectivity index (χ0) is 16.3. The molecule has 0 radical (unpaired) electrons. The van der Waals surface area contributed by atoms with E-state index in [4.69, 9.17) is 4.74 Å². The molecule has 0 aliphatic heterocycles. The van der Waals surface area contributed by atoms with Crippen molar-refractivity contribution in [2.24, 2.45) is 0 Å². The first-order valence-electron chi connectivity index (χ1n) is 6.03. The van der Waals surface area contributed by atoms with Gasteiger partial charge in [0.1, 0.15) is 11.4 Å². The molecule has 10 heteroatoms. The predicted octanol–water partition coefficient (Wildman–Crippen LogP) is 1.67. The Hall–Kier alpha value is -2.49. The minimum atomic E-state index is -4.23. The summed E-state index contributed by atoms with van der Waals surface area (Å²) in [6, 6.07) is 2.10. The van der Waals surface area contributed by atoms with Gasteiger partial charge in [-0.25, -0.2) is 22.0 Å². The van der Waals surface area contributed by atoms with Crippen LogP contribution < -0.4 is 4.72 Å². The van der Waals surface area contributed by atoms with E-state index in [1.54, 1.807) is 6.92 Å². The number of H-pyrrole nitrogens is 1. The number of hydrogen-bond acceptors (Lipinski definition) is 5.